The molecule has 3 aromatic rings. The predicted molar refractivity (Wildman–Crippen MR) is 115 cm³/mol. The van der Waals surface area contributed by atoms with E-state index in [1.165, 1.54) is 16.9 Å². The standard InChI is InChI=1S/C24H23NO3S/c1-17-13-14-22(29-17)21(26)16-24(28)19-11-5-6-12-20(19)25(23(24)27)15-7-10-18-8-3-2-4-9-18/h2-6,8-9,11-14,28H,7,10,15-16H2,1H3/t24-/m0/s1. The summed E-state index contributed by atoms with van der Waals surface area (Å²) >= 11 is 1.39. The highest BCUT2D eigenvalue weighted by Crippen LogP contribution is 2.43. The van der Waals surface area contributed by atoms with Gasteiger partial charge in [-0.1, -0.05) is 48.5 Å². The number of anilines is 1. The summed E-state index contributed by atoms with van der Waals surface area (Å²) in [5.41, 5.74) is 0.624. The molecular formula is C24H23NO3S. The lowest BCUT2D eigenvalue weighted by Crippen LogP contribution is -2.42. The highest BCUT2D eigenvalue weighted by atomic mass is 32.1. The molecule has 0 saturated carbocycles. The zero-order valence-corrected chi connectivity index (χ0v) is 17.1. The Hall–Kier alpha value is -2.76. The molecule has 0 radical (unpaired) electrons. The summed E-state index contributed by atoms with van der Waals surface area (Å²) < 4.78 is 0. The third kappa shape index (κ3) is 3.76. The summed E-state index contributed by atoms with van der Waals surface area (Å²) in [5.74, 6) is -0.617. The van der Waals surface area contributed by atoms with Gasteiger partial charge in [0.15, 0.2) is 11.4 Å². The molecule has 0 saturated heterocycles. The number of aryl methyl sites for hydroxylation is 2. The van der Waals surface area contributed by atoms with Crippen LogP contribution in [0.1, 0.15) is 38.5 Å². The van der Waals surface area contributed by atoms with E-state index >= 15 is 0 Å². The van der Waals surface area contributed by atoms with Crippen molar-refractivity contribution in [3.05, 3.63) is 87.6 Å². The van der Waals surface area contributed by atoms with Crippen molar-refractivity contribution >= 4 is 28.7 Å². The summed E-state index contributed by atoms with van der Waals surface area (Å²) in [6.07, 6.45) is 1.38. The first kappa shape index (κ1) is 19.6. The molecule has 1 aliphatic heterocycles. The maximum absolute atomic E-state index is 13.2. The van der Waals surface area contributed by atoms with Gasteiger partial charge in [-0.3, -0.25) is 9.59 Å². The van der Waals surface area contributed by atoms with Gasteiger partial charge in [-0.2, -0.15) is 0 Å². The highest BCUT2D eigenvalue weighted by molar-refractivity contribution is 7.14. The molecule has 5 heteroatoms. The monoisotopic (exact) mass is 405 g/mol. The Morgan fingerprint density at radius 3 is 2.48 bits per heavy atom. The first-order valence-corrected chi connectivity index (χ1v) is 10.6. The molecule has 0 aliphatic carbocycles. The summed E-state index contributed by atoms with van der Waals surface area (Å²) in [6.45, 7) is 2.43. The van der Waals surface area contributed by atoms with Crippen LogP contribution in [0.4, 0.5) is 5.69 Å². The SMILES string of the molecule is Cc1ccc(C(=O)C[C@@]2(O)C(=O)N(CCCc3ccccc3)c3ccccc32)s1. The number of thiophene rings is 1. The van der Waals surface area contributed by atoms with Crippen LogP contribution >= 0.6 is 11.3 Å². The number of Topliss-reactive ketones (excluding diaryl/α,β-unsaturated/α-hetero) is 1. The van der Waals surface area contributed by atoms with Crippen LogP contribution < -0.4 is 4.90 Å². The molecule has 0 spiro atoms. The Bertz CT molecular complexity index is 1040. The van der Waals surface area contributed by atoms with Crippen LogP contribution in [0.15, 0.2) is 66.7 Å². The third-order valence-corrected chi connectivity index (χ3v) is 6.40. The van der Waals surface area contributed by atoms with Gasteiger partial charge in [0.25, 0.3) is 5.91 Å². The lowest BCUT2D eigenvalue weighted by Gasteiger charge is -2.22. The first-order chi connectivity index (χ1) is 14.0. The number of amides is 1. The molecule has 1 atom stereocenters. The Morgan fingerprint density at radius 1 is 1.03 bits per heavy atom. The fourth-order valence-electron chi connectivity index (χ4n) is 3.89. The van der Waals surface area contributed by atoms with Crippen molar-refractivity contribution in [1.82, 2.24) is 0 Å². The fraction of sp³-hybridized carbons (Fsp3) is 0.250. The molecule has 1 aromatic heterocycles. The summed E-state index contributed by atoms with van der Waals surface area (Å²) in [5, 5.41) is 11.3. The van der Waals surface area contributed by atoms with E-state index in [-0.39, 0.29) is 12.2 Å². The van der Waals surface area contributed by atoms with Crippen molar-refractivity contribution in [1.29, 1.82) is 0 Å². The van der Waals surface area contributed by atoms with E-state index in [0.29, 0.717) is 22.7 Å². The van der Waals surface area contributed by atoms with Crippen LogP contribution in [-0.4, -0.2) is 23.3 Å². The molecule has 2 aromatic carbocycles. The number of hydrogen-bond donors (Lipinski definition) is 1. The van der Waals surface area contributed by atoms with Gasteiger partial charge in [0.05, 0.1) is 17.0 Å². The fourth-order valence-corrected chi connectivity index (χ4v) is 4.69. The van der Waals surface area contributed by atoms with Gasteiger partial charge in [0.2, 0.25) is 0 Å². The van der Waals surface area contributed by atoms with Crippen molar-refractivity contribution in [3.63, 3.8) is 0 Å². The van der Waals surface area contributed by atoms with Crippen molar-refractivity contribution in [2.24, 2.45) is 0 Å². The number of nitrogens with zero attached hydrogens (tertiary/aromatic N) is 1. The number of benzene rings is 2. The van der Waals surface area contributed by atoms with Gasteiger partial charge >= 0.3 is 0 Å². The Morgan fingerprint density at radius 2 is 1.76 bits per heavy atom. The average molecular weight is 406 g/mol. The Kier molecular flexibility index (Phi) is 5.35. The van der Waals surface area contributed by atoms with E-state index < -0.39 is 11.5 Å². The normalized spacial score (nSPS) is 18.1. The second-order valence-electron chi connectivity index (χ2n) is 7.43. The van der Waals surface area contributed by atoms with Gasteiger partial charge in [-0.25, -0.2) is 0 Å². The zero-order valence-electron chi connectivity index (χ0n) is 16.3. The zero-order chi connectivity index (χ0) is 20.4. The molecule has 0 bridgehead atoms. The number of hydrogen-bond acceptors (Lipinski definition) is 4. The van der Waals surface area contributed by atoms with Crippen molar-refractivity contribution in [2.75, 3.05) is 11.4 Å². The number of rotatable bonds is 7. The van der Waals surface area contributed by atoms with Crippen LogP contribution in [0.2, 0.25) is 0 Å². The first-order valence-electron chi connectivity index (χ1n) is 9.76. The minimum Gasteiger partial charge on any atom is -0.375 e. The predicted octanol–water partition coefficient (Wildman–Crippen LogP) is 4.50. The van der Waals surface area contributed by atoms with E-state index in [2.05, 4.69) is 12.1 Å². The molecule has 4 rings (SSSR count). The molecule has 4 nitrogen and oxygen atoms in total. The number of carbonyl (C=O) groups excluding carboxylic acids is 2. The molecule has 29 heavy (non-hydrogen) atoms. The van der Waals surface area contributed by atoms with E-state index in [0.717, 1.165) is 17.7 Å². The lowest BCUT2D eigenvalue weighted by atomic mass is 9.89. The smallest absolute Gasteiger partial charge is 0.264 e. The van der Waals surface area contributed by atoms with Crippen molar-refractivity contribution in [3.8, 4) is 0 Å². The van der Waals surface area contributed by atoms with Crippen LogP contribution in [-0.2, 0) is 16.8 Å². The maximum Gasteiger partial charge on any atom is 0.264 e. The number of ketones is 1. The maximum atomic E-state index is 13.2. The number of fused-ring (bicyclic) bond motifs is 1. The Labute approximate surface area is 174 Å². The van der Waals surface area contributed by atoms with E-state index in [9.17, 15) is 14.7 Å². The minimum absolute atomic E-state index is 0.208. The van der Waals surface area contributed by atoms with Gasteiger partial charge in [0, 0.05) is 17.0 Å². The topological polar surface area (TPSA) is 57.6 Å². The molecular weight excluding hydrogens is 382 g/mol. The third-order valence-electron chi connectivity index (χ3n) is 5.36. The van der Waals surface area contributed by atoms with Crippen LogP contribution in [0.5, 0.6) is 0 Å². The van der Waals surface area contributed by atoms with Gasteiger partial charge in [-0.15, -0.1) is 11.3 Å². The average Bonchev–Trinajstić information content (AvgIpc) is 3.25. The summed E-state index contributed by atoms with van der Waals surface area (Å²) in [4.78, 5) is 29.2. The van der Waals surface area contributed by atoms with Gasteiger partial charge < -0.3 is 10.0 Å². The summed E-state index contributed by atoms with van der Waals surface area (Å²) in [6, 6.07) is 21.0. The molecule has 0 fully saturated rings. The second-order valence-corrected chi connectivity index (χ2v) is 8.72. The van der Waals surface area contributed by atoms with Crippen LogP contribution in [0.3, 0.4) is 0 Å². The minimum atomic E-state index is -1.81. The Balaban J connectivity index is 1.54. The largest absolute Gasteiger partial charge is 0.375 e. The highest BCUT2D eigenvalue weighted by Gasteiger charge is 2.50. The molecule has 1 aliphatic rings. The number of para-hydroxylation sites is 1. The van der Waals surface area contributed by atoms with Crippen LogP contribution in [0, 0.1) is 6.92 Å². The number of aliphatic hydroxyl groups is 1. The molecule has 0 unspecified atom stereocenters. The lowest BCUT2D eigenvalue weighted by molar-refractivity contribution is -0.135. The van der Waals surface area contributed by atoms with Crippen LogP contribution in [0.25, 0.3) is 0 Å². The van der Waals surface area contributed by atoms with E-state index in [1.54, 1.807) is 23.1 Å². The van der Waals surface area contributed by atoms with Gasteiger partial charge in [-0.05, 0) is 43.5 Å². The summed E-state index contributed by atoms with van der Waals surface area (Å²) in [7, 11) is 0. The second kappa shape index (κ2) is 7.93. The molecule has 1 amide bonds. The quantitative estimate of drug-likeness (QED) is 0.589. The van der Waals surface area contributed by atoms with E-state index in [1.807, 2.05) is 43.3 Å². The number of carbonyl (C=O) groups is 2. The van der Waals surface area contributed by atoms with Gasteiger partial charge in [0.1, 0.15) is 0 Å². The van der Waals surface area contributed by atoms with E-state index in [4.69, 9.17) is 0 Å². The van der Waals surface area contributed by atoms with Crippen molar-refractivity contribution in [2.45, 2.75) is 31.8 Å². The van der Waals surface area contributed by atoms with Crippen molar-refractivity contribution < 1.29 is 14.7 Å². The molecule has 2 heterocycles. The molecule has 1 N–H and O–H groups in total. The molecule has 148 valence electrons.